The third kappa shape index (κ3) is 2.46. The van der Waals surface area contributed by atoms with Crippen molar-refractivity contribution < 1.29 is 14.7 Å². The normalized spacial score (nSPS) is 18.6. The van der Waals surface area contributed by atoms with Crippen LogP contribution < -0.4 is 0 Å². The number of fused-ring (bicyclic) bond motifs is 1. The standard InChI is InChI=1S/C13H15NO3/c1-9(15)14-8-11-5-3-2-4-10(11)6-12(14)7-13(16)17/h2-5,12H,6-8H2,1H3,(H,16,17)/t12-/m0/s1. The quantitative estimate of drug-likeness (QED) is 0.840. The van der Waals surface area contributed by atoms with E-state index in [0.717, 1.165) is 11.1 Å². The Kier molecular flexibility index (Phi) is 3.13. The lowest BCUT2D eigenvalue weighted by atomic mass is 9.92. The second kappa shape index (κ2) is 4.57. The molecule has 0 bridgehead atoms. The summed E-state index contributed by atoms with van der Waals surface area (Å²) in [6, 6.07) is 7.65. The summed E-state index contributed by atoms with van der Waals surface area (Å²) in [6.07, 6.45) is 0.635. The van der Waals surface area contributed by atoms with Gasteiger partial charge in [0, 0.05) is 19.5 Å². The molecule has 1 amide bonds. The fourth-order valence-corrected chi connectivity index (χ4v) is 2.34. The summed E-state index contributed by atoms with van der Waals surface area (Å²) in [6.45, 7) is 2.01. The minimum absolute atomic E-state index is 0.00785. The molecule has 0 unspecified atom stereocenters. The van der Waals surface area contributed by atoms with E-state index >= 15 is 0 Å². The highest BCUT2D eigenvalue weighted by Crippen LogP contribution is 2.24. The topological polar surface area (TPSA) is 57.6 Å². The van der Waals surface area contributed by atoms with Gasteiger partial charge < -0.3 is 10.0 Å². The Balaban J connectivity index is 2.27. The van der Waals surface area contributed by atoms with Crippen LogP contribution in [-0.2, 0) is 22.6 Å². The van der Waals surface area contributed by atoms with Gasteiger partial charge in [0.1, 0.15) is 0 Å². The molecule has 0 spiro atoms. The molecule has 4 nitrogen and oxygen atoms in total. The van der Waals surface area contributed by atoms with Crippen LogP contribution >= 0.6 is 0 Å². The average molecular weight is 233 g/mol. The first kappa shape index (κ1) is 11.6. The van der Waals surface area contributed by atoms with E-state index in [1.165, 1.54) is 6.92 Å². The summed E-state index contributed by atoms with van der Waals surface area (Å²) < 4.78 is 0. The van der Waals surface area contributed by atoms with Gasteiger partial charge in [0.15, 0.2) is 0 Å². The average Bonchev–Trinajstić information content (AvgIpc) is 2.27. The molecular weight excluding hydrogens is 218 g/mol. The van der Waals surface area contributed by atoms with E-state index < -0.39 is 5.97 Å². The zero-order chi connectivity index (χ0) is 12.4. The Hall–Kier alpha value is -1.84. The monoisotopic (exact) mass is 233 g/mol. The molecule has 0 aliphatic carbocycles. The highest BCUT2D eigenvalue weighted by atomic mass is 16.4. The van der Waals surface area contributed by atoms with Gasteiger partial charge in [0.25, 0.3) is 0 Å². The fourth-order valence-electron chi connectivity index (χ4n) is 2.34. The molecule has 2 rings (SSSR count). The lowest BCUT2D eigenvalue weighted by Crippen LogP contribution is -2.44. The first-order chi connectivity index (χ1) is 8.08. The number of aliphatic carboxylic acids is 1. The van der Waals surface area contributed by atoms with Crippen LogP contribution in [-0.4, -0.2) is 27.9 Å². The maximum Gasteiger partial charge on any atom is 0.305 e. The van der Waals surface area contributed by atoms with Crippen molar-refractivity contribution in [2.45, 2.75) is 32.4 Å². The predicted molar refractivity (Wildman–Crippen MR) is 62.4 cm³/mol. The Bertz CT molecular complexity index is 456. The Morgan fingerprint density at radius 1 is 1.35 bits per heavy atom. The number of carbonyl (C=O) groups is 2. The van der Waals surface area contributed by atoms with Gasteiger partial charge in [0.2, 0.25) is 5.91 Å². The van der Waals surface area contributed by atoms with Crippen molar-refractivity contribution >= 4 is 11.9 Å². The number of carboxylic acids is 1. The number of amides is 1. The number of carbonyl (C=O) groups excluding carboxylic acids is 1. The number of rotatable bonds is 2. The van der Waals surface area contributed by atoms with Crippen LogP contribution in [0.25, 0.3) is 0 Å². The number of carboxylic acid groups (broad SMARTS) is 1. The van der Waals surface area contributed by atoms with E-state index in [0.29, 0.717) is 13.0 Å². The third-order valence-corrected chi connectivity index (χ3v) is 3.17. The van der Waals surface area contributed by atoms with Gasteiger partial charge in [-0.1, -0.05) is 24.3 Å². The van der Waals surface area contributed by atoms with Crippen molar-refractivity contribution in [2.24, 2.45) is 0 Å². The van der Waals surface area contributed by atoms with Crippen molar-refractivity contribution in [1.82, 2.24) is 4.90 Å². The highest BCUT2D eigenvalue weighted by Gasteiger charge is 2.29. The zero-order valence-electron chi connectivity index (χ0n) is 9.72. The van der Waals surface area contributed by atoms with Crippen LogP contribution in [0, 0.1) is 0 Å². The van der Waals surface area contributed by atoms with Crippen molar-refractivity contribution in [2.75, 3.05) is 0 Å². The lowest BCUT2D eigenvalue weighted by Gasteiger charge is -2.35. The van der Waals surface area contributed by atoms with E-state index in [1.54, 1.807) is 4.90 Å². The van der Waals surface area contributed by atoms with E-state index in [1.807, 2.05) is 24.3 Å². The molecule has 1 heterocycles. The number of benzene rings is 1. The molecule has 17 heavy (non-hydrogen) atoms. The summed E-state index contributed by atoms with van der Waals surface area (Å²) in [4.78, 5) is 24.0. The van der Waals surface area contributed by atoms with Crippen molar-refractivity contribution in [3.8, 4) is 0 Å². The Morgan fingerprint density at radius 3 is 2.59 bits per heavy atom. The maximum atomic E-state index is 11.5. The molecule has 1 aliphatic heterocycles. The minimum Gasteiger partial charge on any atom is -0.481 e. The van der Waals surface area contributed by atoms with Gasteiger partial charge in [-0.25, -0.2) is 0 Å². The highest BCUT2D eigenvalue weighted by molar-refractivity contribution is 5.75. The van der Waals surface area contributed by atoms with Crippen molar-refractivity contribution in [1.29, 1.82) is 0 Å². The SMILES string of the molecule is CC(=O)N1Cc2ccccc2C[C@H]1CC(=O)O. The molecule has 90 valence electrons. The zero-order valence-corrected chi connectivity index (χ0v) is 9.72. The van der Waals surface area contributed by atoms with Gasteiger partial charge in [-0.2, -0.15) is 0 Å². The summed E-state index contributed by atoms with van der Waals surface area (Å²) in [5, 5.41) is 8.88. The molecule has 1 aromatic rings. The summed E-state index contributed by atoms with van der Waals surface area (Å²) >= 11 is 0. The molecule has 0 saturated heterocycles. The van der Waals surface area contributed by atoms with Crippen molar-refractivity contribution in [3.63, 3.8) is 0 Å². The minimum atomic E-state index is -0.861. The third-order valence-electron chi connectivity index (χ3n) is 3.17. The second-order valence-electron chi connectivity index (χ2n) is 4.37. The van der Waals surface area contributed by atoms with E-state index in [9.17, 15) is 9.59 Å². The molecule has 4 heteroatoms. The molecule has 1 aromatic carbocycles. The molecule has 1 N–H and O–H groups in total. The second-order valence-corrected chi connectivity index (χ2v) is 4.37. The Labute approximate surface area is 99.9 Å². The Morgan fingerprint density at radius 2 is 2.00 bits per heavy atom. The summed E-state index contributed by atoms with van der Waals surface area (Å²) in [5.74, 6) is -0.925. The van der Waals surface area contributed by atoms with Crippen LogP contribution in [0.4, 0.5) is 0 Å². The van der Waals surface area contributed by atoms with Gasteiger partial charge in [-0.3, -0.25) is 9.59 Å². The van der Waals surface area contributed by atoms with E-state index in [2.05, 4.69) is 0 Å². The molecule has 0 saturated carbocycles. The molecular formula is C13H15NO3. The van der Waals surface area contributed by atoms with Gasteiger partial charge in [-0.15, -0.1) is 0 Å². The largest absolute Gasteiger partial charge is 0.481 e. The predicted octanol–water partition coefficient (Wildman–Crippen LogP) is 1.43. The van der Waals surface area contributed by atoms with E-state index in [4.69, 9.17) is 5.11 Å². The molecule has 1 atom stereocenters. The molecule has 1 aliphatic rings. The van der Waals surface area contributed by atoms with Crippen LogP contribution in [0.2, 0.25) is 0 Å². The smallest absolute Gasteiger partial charge is 0.305 e. The van der Waals surface area contributed by atoms with Crippen LogP contribution in [0.15, 0.2) is 24.3 Å². The summed E-state index contributed by atoms with van der Waals surface area (Å²) in [7, 11) is 0. The maximum absolute atomic E-state index is 11.5. The molecule has 0 aromatic heterocycles. The molecule has 0 radical (unpaired) electrons. The lowest BCUT2D eigenvalue weighted by molar-refractivity contribution is -0.140. The number of nitrogens with zero attached hydrogens (tertiary/aromatic N) is 1. The van der Waals surface area contributed by atoms with Gasteiger partial charge in [-0.05, 0) is 17.5 Å². The van der Waals surface area contributed by atoms with Gasteiger partial charge >= 0.3 is 5.97 Å². The number of hydrogen-bond donors (Lipinski definition) is 1. The van der Waals surface area contributed by atoms with Crippen LogP contribution in [0.5, 0.6) is 0 Å². The number of hydrogen-bond acceptors (Lipinski definition) is 2. The summed E-state index contributed by atoms with van der Waals surface area (Å²) in [5.41, 5.74) is 2.26. The van der Waals surface area contributed by atoms with Crippen LogP contribution in [0.3, 0.4) is 0 Å². The molecule has 0 fully saturated rings. The first-order valence-electron chi connectivity index (χ1n) is 5.63. The fraction of sp³-hybridized carbons (Fsp3) is 0.385. The van der Waals surface area contributed by atoms with Crippen LogP contribution in [0.1, 0.15) is 24.5 Å². The first-order valence-corrected chi connectivity index (χ1v) is 5.63. The van der Waals surface area contributed by atoms with Crippen molar-refractivity contribution in [3.05, 3.63) is 35.4 Å². The van der Waals surface area contributed by atoms with Gasteiger partial charge in [0.05, 0.1) is 6.42 Å². The van der Waals surface area contributed by atoms with E-state index in [-0.39, 0.29) is 18.4 Å².